The van der Waals surface area contributed by atoms with Crippen molar-refractivity contribution >= 4 is 48.7 Å². The van der Waals surface area contributed by atoms with Crippen molar-refractivity contribution in [2.24, 2.45) is 0 Å². The van der Waals surface area contributed by atoms with E-state index in [1.165, 1.54) is 0 Å². The first-order valence-corrected chi connectivity index (χ1v) is 9.57. The first-order valence-electron chi connectivity index (χ1n) is 7.99. The SMILES string of the molecule is O=[N+]([O-])[C@@H]1Oc2ccc3ccc(Br)cc3c2[C@H]1/C=C/c1ccc(Br)cc1. The lowest BCUT2D eigenvalue weighted by Crippen LogP contribution is -2.27. The number of fused-ring (bicyclic) bond motifs is 3. The average molecular weight is 475 g/mol. The summed E-state index contributed by atoms with van der Waals surface area (Å²) >= 11 is 6.90. The molecular weight excluding hydrogens is 462 g/mol. The fourth-order valence-corrected chi connectivity index (χ4v) is 3.87. The Bertz CT molecular complexity index is 1030. The fraction of sp³-hybridized carbons (Fsp3) is 0.100. The van der Waals surface area contributed by atoms with Crippen LogP contribution in [0.1, 0.15) is 17.0 Å². The van der Waals surface area contributed by atoms with Gasteiger partial charge in [-0.2, -0.15) is 0 Å². The smallest absolute Gasteiger partial charge is 0.364 e. The topological polar surface area (TPSA) is 52.4 Å². The van der Waals surface area contributed by atoms with E-state index in [0.29, 0.717) is 5.75 Å². The number of nitrogens with zero attached hydrogens (tertiary/aromatic N) is 1. The summed E-state index contributed by atoms with van der Waals surface area (Å²) in [6.07, 6.45) is 2.65. The molecule has 0 fully saturated rings. The second-order valence-corrected chi connectivity index (χ2v) is 7.90. The minimum Gasteiger partial charge on any atom is -0.429 e. The summed E-state index contributed by atoms with van der Waals surface area (Å²) in [5.41, 5.74) is 1.84. The molecule has 0 amide bonds. The molecule has 0 bridgehead atoms. The van der Waals surface area contributed by atoms with Gasteiger partial charge in [0.05, 0.1) is 4.92 Å². The van der Waals surface area contributed by atoms with E-state index in [1.807, 2.05) is 66.7 Å². The molecule has 0 N–H and O–H groups in total. The quantitative estimate of drug-likeness (QED) is 0.337. The van der Waals surface area contributed by atoms with Crippen LogP contribution in [-0.4, -0.2) is 11.2 Å². The van der Waals surface area contributed by atoms with Gasteiger partial charge in [0.2, 0.25) is 0 Å². The Hall–Kier alpha value is -2.18. The van der Waals surface area contributed by atoms with E-state index in [2.05, 4.69) is 31.9 Å². The second-order valence-electron chi connectivity index (χ2n) is 6.07. The zero-order valence-electron chi connectivity index (χ0n) is 13.4. The lowest BCUT2D eigenvalue weighted by atomic mass is 9.92. The van der Waals surface area contributed by atoms with Gasteiger partial charge in [-0.25, -0.2) is 0 Å². The van der Waals surface area contributed by atoms with Crippen LogP contribution in [0.3, 0.4) is 0 Å². The minimum atomic E-state index is -1.12. The number of ether oxygens (including phenoxy) is 1. The van der Waals surface area contributed by atoms with Crippen LogP contribution in [0.4, 0.5) is 0 Å². The Morgan fingerprint density at radius 2 is 1.69 bits per heavy atom. The van der Waals surface area contributed by atoms with Crippen LogP contribution in [-0.2, 0) is 0 Å². The van der Waals surface area contributed by atoms with E-state index < -0.39 is 12.1 Å². The number of halogens is 2. The zero-order chi connectivity index (χ0) is 18.3. The van der Waals surface area contributed by atoms with Crippen molar-refractivity contribution in [1.82, 2.24) is 0 Å². The highest BCUT2D eigenvalue weighted by Crippen LogP contribution is 2.44. The number of rotatable bonds is 3. The number of nitro groups is 1. The highest BCUT2D eigenvalue weighted by atomic mass is 79.9. The van der Waals surface area contributed by atoms with Crippen molar-refractivity contribution in [3.05, 3.63) is 90.9 Å². The summed E-state index contributed by atoms with van der Waals surface area (Å²) in [5, 5.41) is 13.6. The number of hydrogen-bond donors (Lipinski definition) is 0. The molecule has 4 nitrogen and oxygen atoms in total. The summed E-state index contributed by atoms with van der Waals surface area (Å²) in [7, 11) is 0. The van der Waals surface area contributed by atoms with Crippen molar-refractivity contribution in [2.75, 3.05) is 0 Å². The molecular formula is C20H13Br2NO3. The largest absolute Gasteiger partial charge is 0.429 e. The van der Waals surface area contributed by atoms with Gasteiger partial charge in [0.15, 0.2) is 0 Å². The van der Waals surface area contributed by atoms with Crippen LogP contribution in [0.5, 0.6) is 5.75 Å². The molecule has 3 aromatic rings. The third-order valence-electron chi connectivity index (χ3n) is 4.45. The first-order chi connectivity index (χ1) is 12.5. The molecule has 0 unspecified atom stereocenters. The van der Waals surface area contributed by atoms with Gasteiger partial charge in [0, 0.05) is 14.5 Å². The van der Waals surface area contributed by atoms with Crippen LogP contribution in [0.2, 0.25) is 0 Å². The Balaban J connectivity index is 1.83. The van der Waals surface area contributed by atoms with Crippen LogP contribution in [0.15, 0.2) is 69.6 Å². The predicted molar refractivity (Wildman–Crippen MR) is 109 cm³/mol. The molecule has 130 valence electrons. The molecule has 1 heterocycles. The summed E-state index contributed by atoms with van der Waals surface area (Å²) in [5.74, 6) is 0.115. The van der Waals surface area contributed by atoms with Gasteiger partial charge in [0.25, 0.3) is 0 Å². The van der Waals surface area contributed by atoms with Crippen molar-refractivity contribution in [1.29, 1.82) is 0 Å². The molecule has 2 atom stereocenters. The van der Waals surface area contributed by atoms with Crippen molar-refractivity contribution in [3.8, 4) is 5.75 Å². The molecule has 0 radical (unpaired) electrons. The van der Waals surface area contributed by atoms with E-state index in [1.54, 1.807) is 0 Å². The van der Waals surface area contributed by atoms with Crippen molar-refractivity contribution in [2.45, 2.75) is 12.1 Å². The standard InChI is InChI=1S/C20H13Br2NO3/c21-14-6-1-12(2-7-14)3-9-16-19-17-11-15(22)8-4-13(17)5-10-18(19)26-20(16)23(24)25/h1-11,16,20H/b9-3+/t16-,20-/m1/s1. The molecule has 1 aliphatic rings. The maximum atomic E-state index is 11.6. The van der Waals surface area contributed by atoms with Gasteiger partial charge >= 0.3 is 6.23 Å². The highest BCUT2D eigenvalue weighted by molar-refractivity contribution is 9.10. The highest BCUT2D eigenvalue weighted by Gasteiger charge is 2.42. The number of benzene rings is 3. The van der Waals surface area contributed by atoms with Gasteiger partial charge in [-0.1, -0.05) is 68.3 Å². The van der Waals surface area contributed by atoms with Gasteiger partial charge < -0.3 is 4.74 Å². The molecule has 0 spiro atoms. The molecule has 0 aromatic heterocycles. The van der Waals surface area contributed by atoms with Crippen molar-refractivity contribution < 1.29 is 9.66 Å². The van der Waals surface area contributed by atoms with E-state index in [0.717, 1.165) is 30.8 Å². The summed E-state index contributed by atoms with van der Waals surface area (Å²) in [6, 6.07) is 17.5. The van der Waals surface area contributed by atoms with Gasteiger partial charge in [-0.15, -0.1) is 0 Å². The molecule has 1 aliphatic heterocycles. The maximum Gasteiger partial charge on any atom is 0.364 e. The van der Waals surface area contributed by atoms with Crippen LogP contribution >= 0.6 is 31.9 Å². The molecule has 4 rings (SSSR count). The Labute approximate surface area is 166 Å². The average Bonchev–Trinajstić information content (AvgIpc) is 3.00. The Morgan fingerprint density at radius 3 is 2.42 bits per heavy atom. The van der Waals surface area contributed by atoms with E-state index in [-0.39, 0.29) is 4.92 Å². The summed E-state index contributed by atoms with van der Waals surface area (Å²) < 4.78 is 7.58. The number of hydrogen-bond acceptors (Lipinski definition) is 3. The maximum absolute atomic E-state index is 11.6. The predicted octanol–water partition coefficient (Wildman–Crippen LogP) is 6.16. The van der Waals surface area contributed by atoms with Crippen LogP contribution in [0.25, 0.3) is 16.8 Å². The molecule has 6 heteroatoms. The zero-order valence-corrected chi connectivity index (χ0v) is 16.6. The monoisotopic (exact) mass is 473 g/mol. The van der Waals surface area contributed by atoms with E-state index in [4.69, 9.17) is 4.74 Å². The molecule has 3 aromatic carbocycles. The molecule has 0 saturated carbocycles. The van der Waals surface area contributed by atoms with Crippen LogP contribution in [0, 0.1) is 10.1 Å². The third-order valence-corrected chi connectivity index (χ3v) is 5.47. The minimum absolute atomic E-state index is 0.361. The third kappa shape index (κ3) is 3.15. The second kappa shape index (κ2) is 6.85. The summed E-state index contributed by atoms with van der Waals surface area (Å²) in [6.45, 7) is 0. The Morgan fingerprint density at radius 1 is 1.00 bits per heavy atom. The van der Waals surface area contributed by atoms with Crippen LogP contribution < -0.4 is 4.74 Å². The molecule has 0 saturated heterocycles. The lowest BCUT2D eigenvalue weighted by Gasteiger charge is -2.09. The van der Waals surface area contributed by atoms with E-state index in [9.17, 15) is 10.1 Å². The fourth-order valence-electron chi connectivity index (χ4n) is 3.24. The van der Waals surface area contributed by atoms with E-state index >= 15 is 0 Å². The summed E-state index contributed by atoms with van der Waals surface area (Å²) in [4.78, 5) is 11.2. The molecule has 0 aliphatic carbocycles. The van der Waals surface area contributed by atoms with Gasteiger partial charge in [-0.3, -0.25) is 10.1 Å². The Kier molecular flexibility index (Phi) is 4.54. The van der Waals surface area contributed by atoms with Gasteiger partial charge in [0.1, 0.15) is 11.7 Å². The lowest BCUT2D eigenvalue weighted by molar-refractivity contribution is -0.561. The normalized spacial score (nSPS) is 18.8. The van der Waals surface area contributed by atoms with Gasteiger partial charge in [-0.05, 0) is 46.7 Å². The first kappa shape index (κ1) is 17.2. The van der Waals surface area contributed by atoms with Crippen molar-refractivity contribution in [3.63, 3.8) is 0 Å². The molecule has 26 heavy (non-hydrogen) atoms.